The van der Waals surface area contributed by atoms with E-state index in [-0.39, 0.29) is 46.8 Å². The van der Waals surface area contributed by atoms with Gasteiger partial charge >= 0.3 is 23.1 Å². The molecule has 6 rings (SSSR count). The Morgan fingerprint density at radius 3 is 2.19 bits per heavy atom. The van der Waals surface area contributed by atoms with Gasteiger partial charge in [-0.25, -0.2) is 0 Å². The number of rotatable bonds is 0. The first-order valence-corrected chi connectivity index (χ1v) is 12.9. The molecule has 1 fully saturated rings. The Morgan fingerprint density at radius 2 is 1.51 bits per heavy atom. The number of hydrogen-bond donors (Lipinski definition) is 2. The zero-order valence-corrected chi connectivity index (χ0v) is 24.4. The first-order chi connectivity index (χ1) is 16.9. The molecule has 6 nitrogen and oxygen atoms in total. The number of aliphatic hydroxyl groups is 2. The summed E-state index contributed by atoms with van der Waals surface area (Å²) in [7, 11) is 0. The molecule has 3 aliphatic heterocycles. The Kier molecular flexibility index (Phi) is 6.18. The number of nitrogens with zero attached hydrogens (tertiary/aromatic N) is 4. The van der Waals surface area contributed by atoms with Crippen molar-refractivity contribution < 1.29 is 10.2 Å². The minimum atomic E-state index is -1.18. The molecule has 2 N–H and O–H groups in total. The summed E-state index contributed by atoms with van der Waals surface area (Å²) in [5.41, 5.74) is 8.84. The monoisotopic (exact) mass is 506 g/mol. The fourth-order valence-electron chi connectivity index (χ4n) is 6.25. The topological polar surface area (TPSA) is 96.9 Å². The zero-order chi connectivity index (χ0) is 25.8. The van der Waals surface area contributed by atoms with Crippen molar-refractivity contribution in [2.75, 3.05) is 0 Å². The van der Waals surface area contributed by atoms with Gasteiger partial charge in [-0.3, -0.25) is 0 Å². The summed E-state index contributed by atoms with van der Waals surface area (Å²) in [5.74, 6) is 0.427. The zero-order valence-electron chi connectivity index (χ0n) is 23.0. The van der Waals surface area contributed by atoms with Crippen LogP contribution in [-0.2, 0) is 0 Å². The molecule has 0 aromatic carbocycles. The van der Waals surface area contributed by atoms with E-state index in [9.17, 15) is 10.2 Å². The second-order valence-corrected chi connectivity index (χ2v) is 11.4. The third-order valence-electron chi connectivity index (χ3n) is 9.43. The van der Waals surface area contributed by atoms with Crippen LogP contribution in [0, 0.1) is 38.5 Å². The van der Waals surface area contributed by atoms with Gasteiger partial charge in [0.15, 0.2) is 0 Å². The molecule has 0 saturated carbocycles. The summed E-state index contributed by atoms with van der Waals surface area (Å²) >= 11 is 0. The fourth-order valence-corrected chi connectivity index (χ4v) is 6.25. The van der Waals surface area contributed by atoms with E-state index in [0.717, 1.165) is 66.9 Å². The van der Waals surface area contributed by atoms with Gasteiger partial charge in [-0.2, -0.15) is 5.70 Å². The van der Waals surface area contributed by atoms with E-state index < -0.39 is 11.7 Å². The molecule has 8 bridgehead atoms. The summed E-state index contributed by atoms with van der Waals surface area (Å²) in [6.45, 7) is 16.4. The molecule has 6 atom stereocenters. The standard InChI is InChI=1S/C30H34N4O2.Mg/c1-12-13(2)22-11-24-30(8,36)18(7)23(32-24)10-20-14(3)15(4)27(33-20)25-17(6)29(35)26-16(5)21(34-28(25)26)9-19(12)31-22;/h9-11,14-15,17,27,29,35-36H,1-8H3;/q-4;+2/b20-10-,21-9-,24-11-;/t14-,15-,17+,27?,29+,30-;/m0./s1. The van der Waals surface area contributed by atoms with E-state index in [1.165, 1.54) is 0 Å². The van der Waals surface area contributed by atoms with Crippen LogP contribution in [0.1, 0.15) is 74.4 Å². The van der Waals surface area contributed by atoms with Gasteiger partial charge in [0.2, 0.25) is 0 Å². The van der Waals surface area contributed by atoms with Crippen molar-refractivity contribution in [2.24, 2.45) is 17.8 Å². The minimum absolute atomic E-state index is 0. The molecular formula is C30H34MgN4O2-2. The quantitative estimate of drug-likeness (QED) is 0.535. The Labute approximate surface area is 234 Å². The number of aromatic nitrogens is 2. The molecule has 0 amide bonds. The minimum Gasteiger partial charge on any atom is -0.681 e. The molecule has 7 heteroatoms. The van der Waals surface area contributed by atoms with Gasteiger partial charge in [0.1, 0.15) is 0 Å². The normalized spacial score (nSPS) is 35.7. The molecule has 1 unspecified atom stereocenters. The molecule has 4 aliphatic rings. The van der Waals surface area contributed by atoms with Crippen molar-refractivity contribution in [2.45, 2.75) is 73.1 Å². The smallest absolute Gasteiger partial charge is 0.681 e. The van der Waals surface area contributed by atoms with Gasteiger partial charge in [0, 0.05) is 5.92 Å². The van der Waals surface area contributed by atoms with E-state index in [4.69, 9.17) is 20.6 Å². The van der Waals surface area contributed by atoms with Crippen molar-refractivity contribution in [3.05, 3.63) is 83.7 Å². The van der Waals surface area contributed by atoms with Gasteiger partial charge in [0.25, 0.3) is 0 Å². The Balaban J connectivity index is 0.00000280. The summed E-state index contributed by atoms with van der Waals surface area (Å²) < 4.78 is 0. The molecule has 2 aromatic rings. The van der Waals surface area contributed by atoms with Gasteiger partial charge in [-0.1, -0.05) is 72.9 Å². The maximum Gasteiger partial charge on any atom is 2.00 e. The van der Waals surface area contributed by atoms with Gasteiger partial charge < -0.3 is 30.8 Å². The molecular weight excluding hydrogens is 473 g/mol. The molecule has 1 aliphatic carbocycles. The first-order valence-electron chi connectivity index (χ1n) is 12.9. The molecule has 1 saturated heterocycles. The van der Waals surface area contributed by atoms with E-state index in [1.807, 2.05) is 32.1 Å². The van der Waals surface area contributed by atoms with Crippen LogP contribution in [0.2, 0.25) is 0 Å². The average Bonchev–Trinajstić information content (AvgIpc) is 3.51. The maximum absolute atomic E-state index is 11.4. The number of hydrogen-bond acceptors (Lipinski definition) is 2. The second kappa shape index (κ2) is 8.66. The molecule has 0 radical (unpaired) electrons. The molecule has 2 aromatic heterocycles. The van der Waals surface area contributed by atoms with Crippen LogP contribution >= 0.6 is 0 Å². The third-order valence-corrected chi connectivity index (χ3v) is 9.43. The van der Waals surface area contributed by atoms with E-state index >= 15 is 0 Å². The molecule has 0 spiro atoms. The summed E-state index contributed by atoms with van der Waals surface area (Å²) in [5, 5.41) is 34.6. The van der Waals surface area contributed by atoms with Crippen LogP contribution in [0.4, 0.5) is 0 Å². The fraction of sp³-hybridized carbons (Fsp3) is 0.467. The van der Waals surface area contributed by atoms with Gasteiger partial charge in [0.05, 0.1) is 11.7 Å². The SMILES string of the molecule is CC1=C2/C=C3\[N-]C(C4=c5[n-]/c(c(C)c5[C@H](O)[C@@H]4C)=C\c4[n-]c(c(C)c4C)/C=C(\[N-]2)[C@@]1(C)O)[C@@H](C)[C@@H]3C.[Mg+2]. The van der Waals surface area contributed by atoms with Crippen molar-refractivity contribution in [3.63, 3.8) is 0 Å². The first kappa shape index (κ1) is 26.4. The molecule has 190 valence electrons. The van der Waals surface area contributed by atoms with Crippen molar-refractivity contribution in [1.82, 2.24) is 9.97 Å². The predicted molar refractivity (Wildman–Crippen MR) is 148 cm³/mol. The summed E-state index contributed by atoms with van der Waals surface area (Å²) in [4.78, 5) is 10.0. The van der Waals surface area contributed by atoms with E-state index in [1.54, 1.807) is 6.92 Å². The Hall–Kier alpha value is -2.19. The van der Waals surface area contributed by atoms with Gasteiger partial charge in [-0.15, -0.1) is 33.5 Å². The average molecular weight is 507 g/mol. The second-order valence-electron chi connectivity index (χ2n) is 11.4. The number of allylic oxidation sites excluding steroid dienone is 2. The van der Waals surface area contributed by atoms with Crippen LogP contribution in [0.5, 0.6) is 0 Å². The summed E-state index contributed by atoms with van der Waals surface area (Å²) in [6, 6.07) is -0.0577. The van der Waals surface area contributed by atoms with Crippen molar-refractivity contribution >= 4 is 40.8 Å². The molecule has 5 heterocycles. The Morgan fingerprint density at radius 1 is 0.865 bits per heavy atom. The number of fused-ring (bicyclic) bond motifs is 8. The van der Waals surface area contributed by atoms with Crippen LogP contribution in [-0.4, -0.2) is 44.9 Å². The molecule has 37 heavy (non-hydrogen) atoms. The van der Waals surface area contributed by atoms with Gasteiger partial charge in [-0.05, 0) is 52.0 Å². The van der Waals surface area contributed by atoms with Crippen LogP contribution < -0.4 is 20.7 Å². The largest absolute Gasteiger partial charge is 2.00 e. The Bertz CT molecular complexity index is 1530. The predicted octanol–water partition coefficient (Wildman–Crippen LogP) is 3.49. The van der Waals surface area contributed by atoms with Crippen LogP contribution in [0.15, 0.2) is 28.7 Å². The van der Waals surface area contributed by atoms with E-state index in [0.29, 0.717) is 5.70 Å². The third kappa shape index (κ3) is 3.58. The number of aliphatic hydroxyl groups excluding tert-OH is 1. The summed E-state index contributed by atoms with van der Waals surface area (Å²) in [6.07, 6.45) is 5.39. The van der Waals surface area contributed by atoms with E-state index in [2.05, 4.69) is 34.6 Å². The van der Waals surface area contributed by atoms with Crippen LogP contribution in [0.3, 0.4) is 0 Å². The van der Waals surface area contributed by atoms with Crippen LogP contribution in [0.25, 0.3) is 28.4 Å². The maximum atomic E-state index is 11.4. The van der Waals surface area contributed by atoms with Crippen molar-refractivity contribution in [3.8, 4) is 0 Å². The van der Waals surface area contributed by atoms with Crippen molar-refractivity contribution in [1.29, 1.82) is 0 Å².